The molecule has 4 nitrogen and oxygen atoms in total. The number of hydrogen-bond donors (Lipinski definition) is 1. The highest BCUT2D eigenvalue weighted by molar-refractivity contribution is 4.88. The highest BCUT2D eigenvalue weighted by Gasteiger charge is 2.37. The third-order valence-corrected chi connectivity index (χ3v) is 3.19. The van der Waals surface area contributed by atoms with Crippen LogP contribution in [0.25, 0.3) is 0 Å². The van der Waals surface area contributed by atoms with Gasteiger partial charge in [-0.25, -0.2) is 0 Å². The number of ether oxygens (including phenoxy) is 2. The Balaban J connectivity index is 2.68. The van der Waals surface area contributed by atoms with E-state index in [2.05, 4.69) is 25.8 Å². The molecule has 1 rings (SSSR count). The van der Waals surface area contributed by atoms with E-state index >= 15 is 0 Å². The largest absolute Gasteiger partial charge is 0.373 e. The van der Waals surface area contributed by atoms with Crippen LogP contribution in [0, 0.1) is 0 Å². The van der Waals surface area contributed by atoms with Crippen molar-refractivity contribution >= 4 is 0 Å². The van der Waals surface area contributed by atoms with Gasteiger partial charge < -0.3 is 19.5 Å². The zero-order valence-electron chi connectivity index (χ0n) is 10.1. The molecule has 0 amide bonds. The second kappa shape index (κ2) is 5.80. The summed E-state index contributed by atoms with van der Waals surface area (Å²) in [4.78, 5) is 2.26. The van der Waals surface area contributed by atoms with E-state index in [1.165, 1.54) is 0 Å². The quantitative estimate of drug-likeness (QED) is 0.709. The summed E-state index contributed by atoms with van der Waals surface area (Å²) in [7, 11) is 2.09. The summed E-state index contributed by atoms with van der Waals surface area (Å²) in [5.41, 5.74) is 0. The summed E-state index contributed by atoms with van der Waals surface area (Å²) in [5.74, 6) is 0. The summed E-state index contributed by atoms with van der Waals surface area (Å²) >= 11 is 0. The van der Waals surface area contributed by atoms with Gasteiger partial charge >= 0.3 is 0 Å². The van der Waals surface area contributed by atoms with Gasteiger partial charge in [-0.15, -0.1) is 0 Å². The van der Waals surface area contributed by atoms with Crippen molar-refractivity contribution in [1.82, 2.24) is 4.90 Å². The molecule has 15 heavy (non-hydrogen) atoms. The van der Waals surface area contributed by atoms with Gasteiger partial charge in [0.15, 0.2) is 0 Å². The lowest BCUT2D eigenvalue weighted by Gasteiger charge is -2.43. The number of hydrogen-bond acceptors (Lipinski definition) is 4. The van der Waals surface area contributed by atoms with Gasteiger partial charge in [-0.1, -0.05) is 6.92 Å². The van der Waals surface area contributed by atoms with E-state index in [-0.39, 0.29) is 25.1 Å². The molecule has 1 aliphatic heterocycles. The normalized spacial score (nSPS) is 37.2. The molecule has 0 radical (unpaired) electrons. The van der Waals surface area contributed by atoms with Crippen molar-refractivity contribution in [2.24, 2.45) is 0 Å². The van der Waals surface area contributed by atoms with E-state index < -0.39 is 0 Å². The Bertz CT molecular complexity index is 189. The fourth-order valence-electron chi connectivity index (χ4n) is 2.28. The predicted octanol–water partition coefficient (Wildman–Crippen LogP) is 0.839. The van der Waals surface area contributed by atoms with Gasteiger partial charge in [-0.2, -0.15) is 0 Å². The summed E-state index contributed by atoms with van der Waals surface area (Å²) in [6.45, 7) is 6.96. The maximum Gasteiger partial charge on any atom is 0.144 e. The average Bonchev–Trinajstić information content (AvgIpc) is 2.20. The van der Waals surface area contributed by atoms with Crippen LogP contribution >= 0.6 is 0 Å². The Kier molecular flexibility index (Phi) is 4.99. The average molecular weight is 217 g/mol. The van der Waals surface area contributed by atoms with Crippen LogP contribution in [0.1, 0.15) is 27.2 Å². The van der Waals surface area contributed by atoms with Crippen molar-refractivity contribution in [3.63, 3.8) is 0 Å². The number of nitrogens with zero attached hydrogens (tertiary/aromatic N) is 1. The molecule has 1 aliphatic rings. The first-order valence-electron chi connectivity index (χ1n) is 5.68. The third-order valence-electron chi connectivity index (χ3n) is 3.19. The van der Waals surface area contributed by atoms with Crippen LogP contribution in [0.15, 0.2) is 0 Å². The van der Waals surface area contributed by atoms with E-state index in [9.17, 15) is 0 Å². The fraction of sp³-hybridized carbons (Fsp3) is 1.00. The third kappa shape index (κ3) is 3.14. The minimum atomic E-state index is -0.235. The van der Waals surface area contributed by atoms with Gasteiger partial charge in [0.25, 0.3) is 0 Å². The van der Waals surface area contributed by atoms with Crippen molar-refractivity contribution in [3.8, 4) is 0 Å². The molecule has 0 aliphatic carbocycles. The number of rotatable bonds is 4. The minimum absolute atomic E-state index is 0.0313. The second-order valence-electron chi connectivity index (χ2n) is 4.29. The number of aliphatic hydroxyl groups is 1. The van der Waals surface area contributed by atoms with E-state index in [1.54, 1.807) is 0 Å². The highest BCUT2D eigenvalue weighted by atomic mass is 16.6. The zero-order chi connectivity index (χ0) is 11.4. The molecule has 0 bridgehead atoms. The molecule has 4 atom stereocenters. The lowest BCUT2D eigenvalue weighted by Crippen LogP contribution is -2.54. The van der Waals surface area contributed by atoms with Crippen LogP contribution < -0.4 is 0 Å². The molecule has 90 valence electrons. The number of aliphatic hydroxyl groups excluding tert-OH is 1. The first-order chi connectivity index (χ1) is 7.10. The number of likely N-dealkylation sites (N-methyl/N-ethyl adjacent to an activating group) is 1. The summed E-state index contributed by atoms with van der Waals surface area (Å²) in [6, 6.07) is 0.334. The molecule has 0 saturated carbocycles. The summed E-state index contributed by atoms with van der Waals surface area (Å²) in [6.07, 6.45) is 1.23. The molecular formula is C11H23NO3. The second-order valence-corrected chi connectivity index (χ2v) is 4.29. The van der Waals surface area contributed by atoms with E-state index in [1.807, 2.05) is 6.92 Å². The smallest absolute Gasteiger partial charge is 0.144 e. The van der Waals surface area contributed by atoms with Crippen LogP contribution in [-0.4, -0.2) is 54.7 Å². The maximum atomic E-state index is 8.88. The van der Waals surface area contributed by atoms with Crippen LogP contribution in [0.3, 0.4) is 0 Å². The van der Waals surface area contributed by atoms with Gasteiger partial charge in [-0.3, -0.25) is 0 Å². The van der Waals surface area contributed by atoms with Crippen molar-refractivity contribution in [2.45, 2.75) is 51.5 Å². The summed E-state index contributed by atoms with van der Waals surface area (Å²) < 4.78 is 11.1. The SMILES string of the molecule is CCN(C)C1CC(C)OC(C)C1OCO. The van der Waals surface area contributed by atoms with Crippen LogP contribution in [0.2, 0.25) is 0 Å². The van der Waals surface area contributed by atoms with Gasteiger partial charge in [-0.05, 0) is 33.9 Å². The Morgan fingerprint density at radius 3 is 2.67 bits per heavy atom. The van der Waals surface area contributed by atoms with Crippen molar-refractivity contribution in [1.29, 1.82) is 0 Å². The Hall–Kier alpha value is -0.160. The molecule has 0 aromatic heterocycles. The van der Waals surface area contributed by atoms with Crippen molar-refractivity contribution < 1.29 is 14.6 Å². The minimum Gasteiger partial charge on any atom is -0.373 e. The Morgan fingerprint density at radius 1 is 1.47 bits per heavy atom. The van der Waals surface area contributed by atoms with E-state index in [0.29, 0.717) is 6.04 Å². The fourth-order valence-corrected chi connectivity index (χ4v) is 2.28. The molecule has 0 spiro atoms. The van der Waals surface area contributed by atoms with Gasteiger partial charge in [0.2, 0.25) is 0 Å². The highest BCUT2D eigenvalue weighted by Crippen LogP contribution is 2.25. The molecule has 1 N–H and O–H groups in total. The Labute approximate surface area is 92.2 Å². The lowest BCUT2D eigenvalue weighted by molar-refractivity contribution is -0.183. The first kappa shape index (κ1) is 12.9. The molecule has 4 unspecified atom stereocenters. The van der Waals surface area contributed by atoms with Crippen molar-refractivity contribution in [3.05, 3.63) is 0 Å². The molecule has 1 saturated heterocycles. The molecule has 0 aromatic rings. The van der Waals surface area contributed by atoms with Crippen molar-refractivity contribution in [2.75, 3.05) is 20.4 Å². The molecule has 1 fully saturated rings. The van der Waals surface area contributed by atoms with Gasteiger partial charge in [0.05, 0.1) is 12.2 Å². The van der Waals surface area contributed by atoms with Crippen LogP contribution in [0.4, 0.5) is 0 Å². The van der Waals surface area contributed by atoms with E-state index in [4.69, 9.17) is 14.6 Å². The predicted molar refractivity (Wildman–Crippen MR) is 58.7 cm³/mol. The first-order valence-corrected chi connectivity index (χ1v) is 5.68. The monoisotopic (exact) mass is 217 g/mol. The van der Waals surface area contributed by atoms with E-state index in [0.717, 1.165) is 13.0 Å². The molecule has 4 heteroatoms. The van der Waals surface area contributed by atoms with Gasteiger partial charge in [0, 0.05) is 6.04 Å². The molecular weight excluding hydrogens is 194 g/mol. The summed E-state index contributed by atoms with van der Waals surface area (Å²) in [5, 5.41) is 8.88. The Morgan fingerprint density at radius 2 is 2.13 bits per heavy atom. The van der Waals surface area contributed by atoms with Crippen LogP contribution in [0.5, 0.6) is 0 Å². The maximum absolute atomic E-state index is 8.88. The van der Waals surface area contributed by atoms with Crippen LogP contribution in [-0.2, 0) is 9.47 Å². The standard InChI is InChI=1S/C11H23NO3/c1-5-12(4)10-6-8(2)15-9(3)11(10)14-7-13/h8-11,13H,5-7H2,1-4H3. The zero-order valence-corrected chi connectivity index (χ0v) is 10.1. The lowest BCUT2D eigenvalue weighted by atomic mass is 9.95. The topological polar surface area (TPSA) is 41.9 Å². The molecule has 0 aromatic carbocycles. The van der Waals surface area contributed by atoms with Gasteiger partial charge in [0.1, 0.15) is 12.9 Å². The molecule has 1 heterocycles.